The SMILES string of the molecule is Cc1ccc2cc(C(=O)NC3CCCC3)n(C(C)C)c(=O)c2c1. The molecule has 1 fully saturated rings. The smallest absolute Gasteiger partial charge is 0.268 e. The molecule has 1 N–H and O–H groups in total. The molecule has 2 aromatic rings. The molecule has 23 heavy (non-hydrogen) atoms. The van der Waals surface area contributed by atoms with Crippen LogP contribution in [0.4, 0.5) is 0 Å². The number of nitrogens with zero attached hydrogens (tertiary/aromatic N) is 1. The van der Waals surface area contributed by atoms with Gasteiger partial charge in [-0.3, -0.25) is 9.59 Å². The van der Waals surface area contributed by atoms with Crippen LogP contribution >= 0.6 is 0 Å². The Morgan fingerprint density at radius 2 is 1.91 bits per heavy atom. The number of carbonyl (C=O) groups is 1. The number of nitrogens with one attached hydrogen (secondary N) is 1. The molecule has 1 amide bonds. The molecule has 0 bridgehead atoms. The van der Waals surface area contributed by atoms with E-state index < -0.39 is 0 Å². The second kappa shape index (κ2) is 6.19. The maximum Gasteiger partial charge on any atom is 0.268 e. The monoisotopic (exact) mass is 312 g/mol. The molecular weight excluding hydrogens is 288 g/mol. The average molecular weight is 312 g/mol. The first-order chi connectivity index (χ1) is 11.0. The number of aromatic nitrogens is 1. The Hall–Kier alpha value is -2.10. The molecule has 1 aliphatic carbocycles. The van der Waals surface area contributed by atoms with Crippen LogP contribution < -0.4 is 10.9 Å². The zero-order valence-corrected chi connectivity index (χ0v) is 14.1. The van der Waals surface area contributed by atoms with Crippen molar-refractivity contribution in [3.63, 3.8) is 0 Å². The van der Waals surface area contributed by atoms with Crippen molar-refractivity contribution in [3.8, 4) is 0 Å². The van der Waals surface area contributed by atoms with E-state index in [0.717, 1.165) is 23.8 Å². The number of carbonyl (C=O) groups excluding carboxylic acids is 1. The number of fused-ring (bicyclic) bond motifs is 1. The minimum atomic E-state index is -0.134. The third-order valence-corrected chi connectivity index (χ3v) is 4.65. The zero-order chi connectivity index (χ0) is 16.6. The fraction of sp³-hybridized carbons (Fsp3) is 0.474. The summed E-state index contributed by atoms with van der Waals surface area (Å²) in [5, 5.41) is 4.60. The van der Waals surface area contributed by atoms with E-state index in [2.05, 4.69) is 5.32 Å². The van der Waals surface area contributed by atoms with E-state index in [0.29, 0.717) is 11.1 Å². The van der Waals surface area contributed by atoms with Gasteiger partial charge in [-0.05, 0) is 51.1 Å². The van der Waals surface area contributed by atoms with E-state index in [-0.39, 0.29) is 23.6 Å². The second-order valence-electron chi connectivity index (χ2n) is 6.84. The van der Waals surface area contributed by atoms with Gasteiger partial charge in [-0.2, -0.15) is 0 Å². The molecule has 0 atom stereocenters. The summed E-state index contributed by atoms with van der Waals surface area (Å²) in [6.07, 6.45) is 4.40. The first-order valence-corrected chi connectivity index (χ1v) is 8.44. The van der Waals surface area contributed by atoms with Gasteiger partial charge in [0.1, 0.15) is 5.69 Å². The lowest BCUT2D eigenvalue weighted by molar-refractivity contribution is 0.0925. The van der Waals surface area contributed by atoms with Crippen molar-refractivity contribution in [2.75, 3.05) is 0 Å². The summed E-state index contributed by atoms with van der Waals surface area (Å²) in [6, 6.07) is 7.82. The standard InChI is InChI=1S/C19H24N2O2/c1-12(2)21-17(18(22)20-15-6-4-5-7-15)11-14-9-8-13(3)10-16(14)19(21)23/h8-12,15H,4-7H2,1-3H3,(H,20,22). The highest BCUT2D eigenvalue weighted by Gasteiger charge is 2.22. The molecule has 1 aromatic carbocycles. The minimum Gasteiger partial charge on any atom is -0.348 e. The molecule has 3 rings (SSSR count). The lowest BCUT2D eigenvalue weighted by Gasteiger charge is -2.19. The normalized spacial score (nSPS) is 15.5. The van der Waals surface area contributed by atoms with Gasteiger partial charge in [0.25, 0.3) is 11.5 Å². The third-order valence-electron chi connectivity index (χ3n) is 4.65. The molecular formula is C19H24N2O2. The van der Waals surface area contributed by atoms with Crippen LogP contribution in [0, 0.1) is 6.92 Å². The van der Waals surface area contributed by atoms with Crippen LogP contribution in [-0.2, 0) is 0 Å². The van der Waals surface area contributed by atoms with Crippen molar-refractivity contribution in [2.45, 2.75) is 58.5 Å². The number of hydrogen-bond donors (Lipinski definition) is 1. The summed E-state index contributed by atoms with van der Waals surface area (Å²) in [4.78, 5) is 25.6. The van der Waals surface area contributed by atoms with E-state index in [1.54, 1.807) is 4.57 Å². The molecule has 4 nitrogen and oxygen atoms in total. The van der Waals surface area contributed by atoms with E-state index in [1.807, 2.05) is 45.0 Å². The lowest BCUT2D eigenvalue weighted by Crippen LogP contribution is -2.37. The van der Waals surface area contributed by atoms with Gasteiger partial charge in [0.15, 0.2) is 0 Å². The number of rotatable bonds is 3. The Morgan fingerprint density at radius 3 is 2.57 bits per heavy atom. The summed E-state index contributed by atoms with van der Waals surface area (Å²) in [6.45, 7) is 5.85. The molecule has 0 saturated heterocycles. The van der Waals surface area contributed by atoms with Crippen LogP contribution in [0.25, 0.3) is 10.8 Å². The predicted octanol–water partition coefficient (Wildman–Crippen LogP) is 3.56. The summed E-state index contributed by atoms with van der Waals surface area (Å²) < 4.78 is 1.62. The van der Waals surface area contributed by atoms with Crippen molar-refractivity contribution in [3.05, 3.63) is 45.9 Å². The number of hydrogen-bond acceptors (Lipinski definition) is 2. The first kappa shape index (κ1) is 15.8. The second-order valence-corrected chi connectivity index (χ2v) is 6.84. The van der Waals surface area contributed by atoms with Crippen LogP contribution in [0.5, 0.6) is 0 Å². The Kier molecular flexibility index (Phi) is 4.24. The van der Waals surface area contributed by atoms with E-state index >= 15 is 0 Å². The molecule has 1 aromatic heterocycles. The van der Waals surface area contributed by atoms with Gasteiger partial charge in [0, 0.05) is 17.5 Å². The van der Waals surface area contributed by atoms with Crippen LogP contribution in [-0.4, -0.2) is 16.5 Å². The zero-order valence-electron chi connectivity index (χ0n) is 14.1. The number of pyridine rings is 1. The van der Waals surface area contributed by atoms with E-state index in [1.165, 1.54) is 12.8 Å². The average Bonchev–Trinajstić information content (AvgIpc) is 3.00. The molecule has 0 radical (unpaired) electrons. The number of aryl methyl sites for hydroxylation is 1. The van der Waals surface area contributed by atoms with Gasteiger partial charge < -0.3 is 9.88 Å². The highest BCUT2D eigenvalue weighted by molar-refractivity contribution is 5.97. The maximum atomic E-state index is 12.9. The van der Waals surface area contributed by atoms with Crippen LogP contribution in [0.3, 0.4) is 0 Å². The van der Waals surface area contributed by atoms with Gasteiger partial charge >= 0.3 is 0 Å². The Balaban J connectivity index is 2.10. The molecule has 1 aliphatic rings. The van der Waals surface area contributed by atoms with E-state index in [9.17, 15) is 9.59 Å². The van der Waals surface area contributed by atoms with Crippen molar-refractivity contribution in [1.29, 1.82) is 0 Å². The van der Waals surface area contributed by atoms with Crippen LogP contribution in [0.1, 0.15) is 61.6 Å². The lowest BCUT2D eigenvalue weighted by atomic mass is 10.1. The Morgan fingerprint density at radius 1 is 1.22 bits per heavy atom. The molecule has 1 saturated carbocycles. The Labute approximate surface area is 136 Å². The molecule has 0 unspecified atom stereocenters. The highest BCUT2D eigenvalue weighted by atomic mass is 16.2. The van der Waals surface area contributed by atoms with Crippen LogP contribution in [0.2, 0.25) is 0 Å². The largest absolute Gasteiger partial charge is 0.348 e. The van der Waals surface area contributed by atoms with Crippen molar-refractivity contribution < 1.29 is 4.79 Å². The van der Waals surface area contributed by atoms with Crippen LogP contribution in [0.15, 0.2) is 29.1 Å². The van der Waals surface area contributed by atoms with Gasteiger partial charge in [-0.1, -0.05) is 30.5 Å². The van der Waals surface area contributed by atoms with Crippen molar-refractivity contribution >= 4 is 16.7 Å². The highest BCUT2D eigenvalue weighted by Crippen LogP contribution is 2.20. The topological polar surface area (TPSA) is 51.1 Å². The molecule has 0 spiro atoms. The van der Waals surface area contributed by atoms with Crippen molar-refractivity contribution in [1.82, 2.24) is 9.88 Å². The number of benzene rings is 1. The molecule has 0 aliphatic heterocycles. The predicted molar refractivity (Wildman–Crippen MR) is 93.1 cm³/mol. The van der Waals surface area contributed by atoms with Gasteiger partial charge in [-0.25, -0.2) is 0 Å². The van der Waals surface area contributed by atoms with E-state index in [4.69, 9.17) is 0 Å². The van der Waals surface area contributed by atoms with Gasteiger partial charge in [-0.15, -0.1) is 0 Å². The summed E-state index contributed by atoms with van der Waals surface area (Å²) >= 11 is 0. The molecule has 4 heteroatoms. The fourth-order valence-corrected chi connectivity index (χ4v) is 3.45. The van der Waals surface area contributed by atoms with Gasteiger partial charge in [0.05, 0.1) is 0 Å². The fourth-order valence-electron chi connectivity index (χ4n) is 3.45. The summed E-state index contributed by atoms with van der Waals surface area (Å²) in [5.74, 6) is -0.134. The summed E-state index contributed by atoms with van der Waals surface area (Å²) in [7, 11) is 0. The molecule has 1 heterocycles. The summed E-state index contributed by atoms with van der Waals surface area (Å²) in [5.41, 5.74) is 1.43. The first-order valence-electron chi connectivity index (χ1n) is 8.44. The quantitative estimate of drug-likeness (QED) is 0.942. The van der Waals surface area contributed by atoms with Crippen molar-refractivity contribution in [2.24, 2.45) is 0 Å². The maximum absolute atomic E-state index is 12.9. The number of amides is 1. The molecule has 122 valence electrons. The minimum absolute atomic E-state index is 0.0586. The Bertz CT molecular complexity index is 799. The third kappa shape index (κ3) is 3.03. The van der Waals surface area contributed by atoms with Gasteiger partial charge in [0.2, 0.25) is 0 Å².